The van der Waals surface area contributed by atoms with E-state index < -0.39 is 7.92 Å². The molecule has 0 nitrogen and oxygen atoms in total. The first kappa shape index (κ1) is 23.8. The Bertz CT molecular complexity index is 856. The van der Waals surface area contributed by atoms with Gasteiger partial charge in [-0.05, 0) is 120 Å². The molecule has 29 heavy (non-hydrogen) atoms. The van der Waals surface area contributed by atoms with Crippen LogP contribution in [-0.4, -0.2) is 0 Å². The van der Waals surface area contributed by atoms with Crippen molar-refractivity contribution >= 4 is 40.8 Å². The first-order valence-electron chi connectivity index (χ1n) is 10.1. The van der Waals surface area contributed by atoms with Crippen molar-refractivity contribution in [3.05, 3.63) is 86.5 Å². The van der Waals surface area contributed by atoms with E-state index in [1.165, 1.54) is 66.0 Å². The first-order chi connectivity index (χ1) is 13.1. The summed E-state index contributed by atoms with van der Waals surface area (Å²) < 4.78 is 0. The smallest absolute Gasteiger partial charge is 0.00921 e. The lowest BCUT2D eigenvalue weighted by Gasteiger charge is -2.30. The van der Waals surface area contributed by atoms with Gasteiger partial charge in [-0.2, -0.15) is 0 Å². The second-order valence-electron chi connectivity index (χ2n) is 8.58. The first-order valence-corrected chi connectivity index (χ1v) is 11.5. The van der Waals surface area contributed by atoms with Crippen molar-refractivity contribution in [2.24, 2.45) is 0 Å². The predicted octanol–water partition coefficient (Wildman–Crippen LogP) is 6.80. The standard InChI is InChI=1S/C27H33P.BrH/c1-16-10-19(4)25(20(5)11-16)28(26-21(6)12-17(2)13-22(26)7)27-23(8)14-18(3)15-24(27)9;/h10-15H,1-9H3;1H. The fourth-order valence-corrected chi connectivity index (χ4v) is 8.09. The molecule has 3 rings (SSSR count). The number of hydrogen-bond acceptors (Lipinski definition) is 0. The van der Waals surface area contributed by atoms with E-state index in [0.717, 1.165) is 0 Å². The highest BCUT2D eigenvalue weighted by atomic mass is 79.9. The van der Waals surface area contributed by atoms with E-state index in [-0.39, 0.29) is 17.0 Å². The molecule has 3 aromatic carbocycles. The summed E-state index contributed by atoms with van der Waals surface area (Å²) in [7, 11) is -0.608. The number of aryl methyl sites for hydroxylation is 9. The summed E-state index contributed by atoms with van der Waals surface area (Å²) in [6.45, 7) is 20.4. The molecule has 0 bridgehead atoms. The normalized spacial score (nSPS) is 11.0. The maximum Gasteiger partial charge on any atom is -0.00921 e. The molecule has 3 aromatic rings. The molecule has 0 N–H and O–H groups in total. The Morgan fingerprint density at radius 3 is 0.724 bits per heavy atom. The highest BCUT2D eigenvalue weighted by Crippen LogP contribution is 2.40. The van der Waals surface area contributed by atoms with Gasteiger partial charge in [0.1, 0.15) is 0 Å². The van der Waals surface area contributed by atoms with E-state index in [1.54, 1.807) is 0 Å². The van der Waals surface area contributed by atoms with Crippen LogP contribution in [0.4, 0.5) is 0 Å². The Balaban J connectivity index is 0.00000300. The third-order valence-electron chi connectivity index (χ3n) is 5.58. The molecule has 0 radical (unpaired) electrons. The van der Waals surface area contributed by atoms with Gasteiger partial charge in [0.15, 0.2) is 0 Å². The second-order valence-corrected chi connectivity index (χ2v) is 10.6. The van der Waals surface area contributed by atoms with Crippen LogP contribution in [0.15, 0.2) is 36.4 Å². The van der Waals surface area contributed by atoms with Gasteiger partial charge >= 0.3 is 0 Å². The maximum absolute atomic E-state index is 2.36. The lowest BCUT2D eigenvalue weighted by molar-refractivity contribution is 1.34. The maximum atomic E-state index is 2.36. The fourth-order valence-electron chi connectivity index (χ4n) is 4.91. The van der Waals surface area contributed by atoms with Crippen LogP contribution in [0.25, 0.3) is 0 Å². The quantitative estimate of drug-likeness (QED) is 0.370. The van der Waals surface area contributed by atoms with Crippen LogP contribution in [0.1, 0.15) is 50.1 Å². The van der Waals surface area contributed by atoms with Crippen LogP contribution in [-0.2, 0) is 0 Å². The average molecular weight is 469 g/mol. The van der Waals surface area contributed by atoms with Crippen LogP contribution in [0.3, 0.4) is 0 Å². The van der Waals surface area contributed by atoms with Crippen LogP contribution in [0.2, 0.25) is 0 Å². The molecular formula is C27H34BrP. The molecule has 0 spiro atoms. The second kappa shape index (κ2) is 9.15. The molecule has 0 unspecified atom stereocenters. The number of rotatable bonds is 3. The van der Waals surface area contributed by atoms with E-state index in [0.29, 0.717) is 0 Å². The molecule has 0 heterocycles. The van der Waals surface area contributed by atoms with E-state index in [2.05, 4.69) is 98.7 Å². The molecule has 0 aliphatic rings. The van der Waals surface area contributed by atoms with Gasteiger partial charge in [-0.1, -0.05) is 53.1 Å². The van der Waals surface area contributed by atoms with E-state index in [1.807, 2.05) is 0 Å². The van der Waals surface area contributed by atoms with Crippen molar-refractivity contribution < 1.29 is 0 Å². The molecule has 0 atom stereocenters. The van der Waals surface area contributed by atoms with Crippen LogP contribution < -0.4 is 15.9 Å². The van der Waals surface area contributed by atoms with E-state index in [4.69, 9.17) is 0 Å². The van der Waals surface area contributed by atoms with Crippen molar-refractivity contribution in [1.29, 1.82) is 0 Å². The zero-order valence-electron chi connectivity index (χ0n) is 19.3. The summed E-state index contributed by atoms with van der Waals surface area (Å²) in [5.41, 5.74) is 12.6. The number of halogens is 1. The zero-order chi connectivity index (χ0) is 20.7. The topological polar surface area (TPSA) is 0 Å². The zero-order valence-corrected chi connectivity index (χ0v) is 21.9. The lowest BCUT2D eigenvalue weighted by Crippen LogP contribution is -2.30. The molecule has 0 saturated heterocycles. The molecule has 154 valence electrons. The van der Waals surface area contributed by atoms with Gasteiger partial charge in [-0.15, -0.1) is 17.0 Å². The van der Waals surface area contributed by atoms with Gasteiger partial charge < -0.3 is 0 Å². The lowest BCUT2D eigenvalue weighted by atomic mass is 10.1. The summed E-state index contributed by atoms with van der Waals surface area (Å²) >= 11 is 0. The highest BCUT2D eigenvalue weighted by molar-refractivity contribution is 8.93. The Labute approximate surface area is 189 Å². The van der Waals surface area contributed by atoms with Crippen LogP contribution in [0.5, 0.6) is 0 Å². The van der Waals surface area contributed by atoms with Crippen LogP contribution in [0, 0.1) is 62.3 Å². The summed E-state index contributed by atoms with van der Waals surface area (Å²) in [5, 5.41) is 4.60. The largest absolute Gasteiger partial charge is 0.114 e. The Morgan fingerprint density at radius 1 is 0.379 bits per heavy atom. The van der Waals surface area contributed by atoms with Gasteiger partial charge in [-0.25, -0.2) is 0 Å². The molecule has 0 amide bonds. The fraction of sp³-hybridized carbons (Fsp3) is 0.333. The van der Waals surface area contributed by atoms with E-state index >= 15 is 0 Å². The minimum Gasteiger partial charge on any atom is -0.114 e. The summed E-state index contributed by atoms with van der Waals surface area (Å²) in [6, 6.07) is 14.1. The van der Waals surface area contributed by atoms with E-state index in [9.17, 15) is 0 Å². The summed E-state index contributed by atoms with van der Waals surface area (Å²) in [6.07, 6.45) is 0. The Morgan fingerprint density at radius 2 is 0.552 bits per heavy atom. The Hall–Kier alpha value is -1.43. The number of benzene rings is 3. The van der Waals surface area contributed by atoms with Crippen molar-refractivity contribution in [2.75, 3.05) is 0 Å². The van der Waals surface area contributed by atoms with Crippen molar-refractivity contribution in [3.63, 3.8) is 0 Å². The molecule has 2 heteroatoms. The third-order valence-corrected chi connectivity index (χ3v) is 9.03. The van der Waals surface area contributed by atoms with Gasteiger partial charge in [0.2, 0.25) is 0 Å². The van der Waals surface area contributed by atoms with Gasteiger partial charge in [-0.3, -0.25) is 0 Å². The molecule has 0 fully saturated rings. The average Bonchev–Trinajstić information content (AvgIpc) is 2.51. The summed E-state index contributed by atoms with van der Waals surface area (Å²) in [5.74, 6) is 0. The van der Waals surface area contributed by atoms with Gasteiger partial charge in [0.05, 0.1) is 0 Å². The molecular weight excluding hydrogens is 435 g/mol. The minimum atomic E-state index is -0.608. The van der Waals surface area contributed by atoms with Crippen molar-refractivity contribution in [2.45, 2.75) is 62.3 Å². The monoisotopic (exact) mass is 468 g/mol. The molecule has 0 aliphatic heterocycles. The van der Waals surface area contributed by atoms with Crippen molar-refractivity contribution in [1.82, 2.24) is 0 Å². The number of hydrogen-bond donors (Lipinski definition) is 0. The van der Waals surface area contributed by atoms with Gasteiger partial charge in [0.25, 0.3) is 0 Å². The molecule has 0 aromatic heterocycles. The molecule has 0 saturated carbocycles. The SMILES string of the molecule is Br.Cc1cc(C)c(P(c2c(C)cc(C)cc2C)c2c(C)cc(C)cc2C)c(C)c1. The predicted molar refractivity (Wildman–Crippen MR) is 138 cm³/mol. The third kappa shape index (κ3) is 4.68. The van der Waals surface area contributed by atoms with Gasteiger partial charge in [0, 0.05) is 0 Å². The highest BCUT2D eigenvalue weighted by Gasteiger charge is 2.26. The molecule has 0 aliphatic carbocycles. The summed E-state index contributed by atoms with van der Waals surface area (Å²) in [4.78, 5) is 0. The minimum absolute atomic E-state index is 0. The van der Waals surface area contributed by atoms with Crippen molar-refractivity contribution in [3.8, 4) is 0 Å². The van der Waals surface area contributed by atoms with Crippen LogP contribution >= 0.6 is 24.9 Å². The Kier molecular flexibility index (Phi) is 7.52.